The first-order chi connectivity index (χ1) is 8.49. The lowest BCUT2D eigenvalue weighted by Gasteiger charge is -2.38. The molecule has 1 heterocycles. The molecule has 1 aliphatic heterocycles. The van der Waals surface area contributed by atoms with Gasteiger partial charge in [-0.3, -0.25) is 0 Å². The van der Waals surface area contributed by atoms with E-state index in [0.29, 0.717) is 5.41 Å². The van der Waals surface area contributed by atoms with Crippen molar-refractivity contribution < 1.29 is 4.74 Å². The molecule has 1 aromatic carbocycles. The van der Waals surface area contributed by atoms with Gasteiger partial charge in [0, 0.05) is 0 Å². The standard InChI is InChI=1S/C16H25NO/c1-13(2)18-15-7-5-6-14(12-15)16(3)8-10-17(4)11-9-16/h5-7,12-13H,8-11H2,1-4H3. The lowest BCUT2D eigenvalue weighted by molar-refractivity contribution is 0.198. The highest BCUT2D eigenvalue weighted by Gasteiger charge is 2.30. The summed E-state index contributed by atoms with van der Waals surface area (Å²) in [6, 6.07) is 8.66. The van der Waals surface area contributed by atoms with Crippen LogP contribution in [0.5, 0.6) is 5.75 Å². The Hall–Kier alpha value is -1.02. The predicted octanol–water partition coefficient (Wildman–Crippen LogP) is 3.46. The van der Waals surface area contributed by atoms with Crippen LogP contribution in [0, 0.1) is 0 Å². The molecule has 2 nitrogen and oxygen atoms in total. The predicted molar refractivity (Wildman–Crippen MR) is 76.3 cm³/mol. The second-order valence-corrected chi connectivity index (χ2v) is 6.06. The molecule has 2 rings (SSSR count). The number of nitrogens with zero attached hydrogens (tertiary/aromatic N) is 1. The molecule has 1 aromatic rings. The SMILES string of the molecule is CC(C)Oc1cccc(C2(C)CCN(C)CC2)c1. The van der Waals surface area contributed by atoms with Gasteiger partial charge in [0.25, 0.3) is 0 Å². The van der Waals surface area contributed by atoms with Gasteiger partial charge in [0.2, 0.25) is 0 Å². The Kier molecular flexibility index (Phi) is 3.96. The molecule has 0 N–H and O–H groups in total. The summed E-state index contributed by atoms with van der Waals surface area (Å²) in [6.45, 7) is 8.90. The van der Waals surface area contributed by atoms with Crippen molar-refractivity contribution in [3.63, 3.8) is 0 Å². The van der Waals surface area contributed by atoms with E-state index in [0.717, 1.165) is 5.75 Å². The highest BCUT2D eigenvalue weighted by molar-refractivity contribution is 5.34. The minimum absolute atomic E-state index is 0.241. The summed E-state index contributed by atoms with van der Waals surface area (Å²) in [5, 5.41) is 0. The van der Waals surface area contributed by atoms with E-state index in [1.165, 1.54) is 31.5 Å². The first kappa shape index (κ1) is 13.4. The highest BCUT2D eigenvalue weighted by atomic mass is 16.5. The number of hydrogen-bond acceptors (Lipinski definition) is 2. The van der Waals surface area contributed by atoms with Crippen LogP contribution in [0.1, 0.15) is 39.2 Å². The Bertz CT molecular complexity index is 392. The summed E-state index contributed by atoms with van der Waals surface area (Å²) >= 11 is 0. The summed E-state index contributed by atoms with van der Waals surface area (Å²) in [5.41, 5.74) is 1.73. The van der Waals surface area contributed by atoms with Crippen LogP contribution in [0.15, 0.2) is 24.3 Å². The first-order valence-electron chi connectivity index (χ1n) is 6.95. The van der Waals surface area contributed by atoms with Gasteiger partial charge >= 0.3 is 0 Å². The fourth-order valence-corrected chi connectivity index (χ4v) is 2.62. The van der Waals surface area contributed by atoms with Crippen LogP contribution in [0.25, 0.3) is 0 Å². The van der Waals surface area contributed by atoms with Crippen molar-refractivity contribution >= 4 is 0 Å². The number of ether oxygens (including phenoxy) is 1. The van der Waals surface area contributed by atoms with Crippen molar-refractivity contribution in [3.05, 3.63) is 29.8 Å². The van der Waals surface area contributed by atoms with Crippen molar-refractivity contribution in [3.8, 4) is 5.75 Å². The van der Waals surface area contributed by atoms with Gasteiger partial charge in [0.1, 0.15) is 5.75 Å². The Labute approximate surface area is 111 Å². The van der Waals surface area contributed by atoms with Crippen LogP contribution in [0.3, 0.4) is 0 Å². The molecule has 0 unspecified atom stereocenters. The van der Waals surface area contributed by atoms with Gasteiger partial charge in [-0.2, -0.15) is 0 Å². The van der Waals surface area contributed by atoms with Gasteiger partial charge in [0.05, 0.1) is 6.10 Å². The van der Waals surface area contributed by atoms with Gasteiger partial charge in [-0.25, -0.2) is 0 Å². The maximum Gasteiger partial charge on any atom is 0.119 e. The average molecular weight is 247 g/mol. The molecule has 0 aliphatic carbocycles. The molecule has 0 bridgehead atoms. The number of piperidine rings is 1. The summed E-state index contributed by atoms with van der Waals surface area (Å²) in [5.74, 6) is 1.00. The van der Waals surface area contributed by atoms with Gasteiger partial charge in [0.15, 0.2) is 0 Å². The fourth-order valence-electron chi connectivity index (χ4n) is 2.62. The molecule has 0 atom stereocenters. The Morgan fingerprint density at radius 1 is 1.22 bits per heavy atom. The quantitative estimate of drug-likeness (QED) is 0.811. The summed E-state index contributed by atoms with van der Waals surface area (Å²) < 4.78 is 5.80. The third kappa shape index (κ3) is 3.05. The second kappa shape index (κ2) is 5.31. The van der Waals surface area contributed by atoms with E-state index in [-0.39, 0.29) is 6.10 Å². The normalized spacial score (nSPS) is 20.1. The van der Waals surface area contributed by atoms with Crippen LogP contribution >= 0.6 is 0 Å². The van der Waals surface area contributed by atoms with Crippen LogP contribution in [-0.2, 0) is 5.41 Å². The van der Waals surface area contributed by atoms with E-state index in [1.54, 1.807) is 0 Å². The molecule has 100 valence electrons. The van der Waals surface area contributed by atoms with Gasteiger partial charge in [-0.15, -0.1) is 0 Å². The molecular formula is C16H25NO. The topological polar surface area (TPSA) is 12.5 Å². The number of likely N-dealkylation sites (tertiary alicyclic amines) is 1. The minimum atomic E-state index is 0.241. The van der Waals surface area contributed by atoms with Crippen LogP contribution < -0.4 is 4.74 Å². The molecule has 1 saturated heterocycles. The third-order valence-corrected chi connectivity index (χ3v) is 3.99. The number of hydrogen-bond donors (Lipinski definition) is 0. The van der Waals surface area contributed by atoms with Crippen LogP contribution in [0.2, 0.25) is 0 Å². The molecule has 0 aromatic heterocycles. The summed E-state index contributed by atoms with van der Waals surface area (Å²) in [4.78, 5) is 2.41. The van der Waals surface area contributed by atoms with Crippen molar-refractivity contribution in [1.82, 2.24) is 4.90 Å². The maximum atomic E-state index is 5.80. The monoisotopic (exact) mass is 247 g/mol. The fraction of sp³-hybridized carbons (Fsp3) is 0.625. The molecule has 1 fully saturated rings. The van der Waals surface area contributed by atoms with Crippen LogP contribution in [0.4, 0.5) is 0 Å². The van der Waals surface area contributed by atoms with Crippen molar-refractivity contribution in [2.24, 2.45) is 0 Å². The number of rotatable bonds is 3. The van der Waals surface area contributed by atoms with Gasteiger partial charge < -0.3 is 9.64 Å². The molecule has 1 aliphatic rings. The lowest BCUT2D eigenvalue weighted by Crippen LogP contribution is -2.38. The Balaban J connectivity index is 2.17. The minimum Gasteiger partial charge on any atom is -0.491 e. The largest absolute Gasteiger partial charge is 0.491 e. The summed E-state index contributed by atoms with van der Waals surface area (Å²) in [6.07, 6.45) is 2.70. The molecule has 2 heteroatoms. The molecule has 0 saturated carbocycles. The molecule has 0 spiro atoms. The average Bonchev–Trinajstić information content (AvgIpc) is 2.33. The smallest absolute Gasteiger partial charge is 0.119 e. The highest BCUT2D eigenvalue weighted by Crippen LogP contribution is 2.36. The molecule has 0 amide bonds. The second-order valence-electron chi connectivity index (χ2n) is 6.06. The zero-order valence-corrected chi connectivity index (χ0v) is 12.1. The Morgan fingerprint density at radius 3 is 2.50 bits per heavy atom. The van der Waals surface area contributed by atoms with Gasteiger partial charge in [-0.1, -0.05) is 19.1 Å². The van der Waals surface area contributed by atoms with E-state index in [4.69, 9.17) is 4.74 Å². The van der Waals surface area contributed by atoms with Gasteiger partial charge in [-0.05, 0) is 69.9 Å². The number of benzene rings is 1. The van der Waals surface area contributed by atoms with E-state index >= 15 is 0 Å². The van der Waals surface area contributed by atoms with E-state index < -0.39 is 0 Å². The zero-order valence-electron chi connectivity index (χ0n) is 12.1. The molecule has 0 radical (unpaired) electrons. The lowest BCUT2D eigenvalue weighted by atomic mass is 9.74. The third-order valence-electron chi connectivity index (χ3n) is 3.99. The molecule has 18 heavy (non-hydrogen) atoms. The van der Waals surface area contributed by atoms with Crippen molar-refractivity contribution in [1.29, 1.82) is 0 Å². The first-order valence-corrected chi connectivity index (χ1v) is 6.95. The van der Waals surface area contributed by atoms with E-state index in [9.17, 15) is 0 Å². The summed E-state index contributed by atoms with van der Waals surface area (Å²) in [7, 11) is 2.21. The van der Waals surface area contributed by atoms with E-state index in [1.807, 2.05) is 0 Å². The van der Waals surface area contributed by atoms with E-state index in [2.05, 4.69) is 57.0 Å². The van der Waals surface area contributed by atoms with Crippen molar-refractivity contribution in [2.75, 3.05) is 20.1 Å². The Morgan fingerprint density at radius 2 is 1.89 bits per heavy atom. The van der Waals surface area contributed by atoms with Crippen molar-refractivity contribution in [2.45, 2.75) is 45.1 Å². The van der Waals surface area contributed by atoms with Crippen LogP contribution in [-0.4, -0.2) is 31.1 Å². The molecular weight excluding hydrogens is 222 g/mol. The maximum absolute atomic E-state index is 5.80. The zero-order chi connectivity index (χ0) is 13.2.